The fraction of sp³-hybridized carbons (Fsp3) is 0.0385. The highest BCUT2D eigenvalue weighted by atomic mass is 32.2. The standard InChI is InChI=1S/C52H32OS/c1-3-13-36-31(10-1)12-9-19-40(36)51-43-17-7-5-15-41(43)50(42-16-6-8-18-44(42)51)35-21-25-39-38-24-20-34(29-46(38)53-47(39)30-35)33-23-26-48-45(28-33)52-37-14-4-2-11-32(37)22-27-49(52)54-48/h1-30,45,48H. The minimum absolute atomic E-state index is 0.349. The van der Waals surface area contributed by atoms with E-state index in [-0.39, 0.29) is 0 Å². The average Bonchev–Trinajstić information content (AvgIpc) is 3.80. The van der Waals surface area contributed by atoms with E-state index in [1.54, 1.807) is 0 Å². The fourth-order valence-corrected chi connectivity index (χ4v) is 10.7. The van der Waals surface area contributed by atoms with E-state index < -0.39 is 0 Å². The average molecular weight is 705 g/mol. The van der Waals surface area contributed by atoms with Crippen LogP contribution in [-0.4, -0.2) is 5.25 Å². The van der Waals surface area contributed by atoms with Gasteiger partial charge in [-0.3, -0.25) is 0 Å². The number of thioether (sulfide) groups is 1. The Kier molecular flexibility index (Phi) is 6.46. The molecule has 0 N–H and O–H groups in total. The molecule has 2 heteroatoms. The lowest BCUT2D eigenvalue weighted by atomic mass is 9.84. The number of benzene rings is 9. The van der Waals surface area contributed by atoms with Crippen molar-refractivity contribution >= 4 is 82.4 Å². The van der Waals surface area contributed by atoms with Crippen molar-refractivity contribution in [2.75, 3.05) is 0 Å². The van der Waals surface area contributed by atoms with Gasteiger partial charge in [-0.2, -0.15) is 0 Å². The van der Waals surface area contributed by atoms with Crippen LogP contribution in [0.3, 0.4) is 0 Å². The van der Waals surface area contributed by atoms with Gasteiger partial charge < -0.3 is 4.42 Å². The zero-order chi connectivity index (χ0) is 35.3. The Bertz CT molecular complexity index is 3210. The van der Waals surface area contributed by atoms with Crippen molar-refractivity contribution in [2.45, 2.75) is 16.1 Å². The second kappa shape index (κ2) is 11.6. The summed E-state index contributed by atoms with van der Waals surface area (Å²) in [6.07, 6.45) is 7.19. The molecule has 12 rings (SSSR count). The summed E-state index contributed by atoms with van der Waals surface area (Å²) in [6, 6.07) is 60.1. The Hall–Kier alpha value is -6.35. The first-order valence-electron chi connectivity index (χ1n) is 18.7. The zero-order valence-electron chi connectivity index (χ0n) is 29.3. The van der Waals surface area contributed by atoms with Crippen molar-refractivity contribution in [2.24, 2.45) is 0 Å². The molecule has 54 heavy (non-hydrogen) atoms. The summed E-state index contributed by atoms with van der Waals surface area (Å²) in [5.41, 5.74) is 10.7. The molecule has 0 saturated heterocycles. The van der Waals surface area contributed by atoms with E-state index in [1.165, 1.54) is 81.4 Å². The van der Waals surface area contributed by atoms with Crippen molar-refractivity contribution < 1.29 is 4.42 Å². The molecule has 0 amide bonds. The first kappa shape index (κ1) is 30.1. The van der Waals surface area contributed by atoms with Crippen LogP contribution < -0.4 is 0 Å². The lowest BCUT2D eigenvalue weighted by Gasteiger charge is -2.20. The minimum Gasteiger partial charge on any atom is -0.456 e. The van der Waals surface area contributed by atoms with E-state index in [2.05, 4.69) is 182 Å². The van der Waals surface area contributed by atoms with Crippen molar-refractivity contribution in [3.05, 3.63) is 193 Å². The zero-order valence-corrected chi connectivity index (χ0v) is 30.1. The predicted octanol–water partition coefficient (Wildman–Crippen LogP) is 14.7. The molecule has 252 valence electrons. The minimum atomic E-state index is 0.349. The van der Waals surface area contributed by atoms with E-state index in [0.717, 1.165) is 27.5 Å². The second-order valence-corrected chi connectivity index (χ2v) is 15.9. The van der Waals surface area contributed by atoms with Crippen LogP contribution >= 0.6 is 11.8 Å². The summed E-state index contributed by atoms with van der Waals surface area (Å²) < 4.78 is 6.76. The van der Waals surface area contributed by atoms with E-state index in [9.17, 15) is 0 Å². The van der Waals surface area contributed by atoms with Gasteiger partial charge in [-0.1, -0.05) is 152 Å². The van der Waals surface area contributed by atoms with Gasteiger partial charge in [0.2, 0.25) is 0 Å². The maximum atomic E-state index is 6.76. The van der Waals surface area contributed by atoms with Crippen molar-refractivity contribution in [3.63, 3.8) is 0 Å². The quantitative estimate of drug-likeness (QED) is 0.170. The molecule has 10 aromatic rings. The largest absolute Gasteiger partial charge is 0.456 e. The number of rotatable bonds is 3. The molecule has 0 bridgehead atoms. The Balaban J connectivity index is 0.997. The van der Waals surface area contributed by atoms with Crippen LogP contribution in [0.25, 0.3) is 92.9 Å². The summed E-state index contributed by atoms with van der Waals surface area (Å²) in [4.78, 5) is 1.40. The van der Waals surface area contributed by atoms with Crippen molar-refractivity contribution in [3.8, 4) is 22.3 Å². The third kappa shape index (κ3) is 4.41. The van der Waals surface area contributed by atoms with Gasteiger partial charge in [-0.25, -0.2) is 0 Å². The topological polar surface area (TPSA) is 13.1 Å². The number of furan rings is 1. The van der Waals surface area contributed by atoms with Gasteiger partial charge in [0.15, 0.2) is 0 Å². The van der Waals surface area contributed by atoms with Crippen LogP contribution in [0.15, 0.2) is 191 Å². The summed E-state index contributed by atoms with van der Waals surface area (Å²) in [5, 5.41) is 12.9. The van der Waals surface area contributed by atoms with Crippen molar-refractivity contribution in [1.29, 1.82) is 0 Å². The Labute approximate surface area is 316 Å². The molecular formula is C52H32OS. The molecular weight excluding hydrogens is 673 g/mol. The van der Waals surface area contributed by atoms with Crippen LogP contribution in [0.2, 0.25) is 0 Å². The highest BCUT2D eigenvalue weighted by Crippen LogP contribution is 2.52. The molecule has 2 heterocycles. The second-order valence-electron chi connectivity index (χ2n) is 14.7. The molecule has 0 spiro atoms. The van der Waals surface area contributed by atoms with Gasteiger partial charge in [-0.05, 0) is 112 Å². The molecule has 2 aliphatic rings. The van der Waals surface area contributed by atoms with Gasteiger partial charge in [0.1, 0.15) is 11.2 Å². The van der Waals surface area contributed by atoms with Crippen molar-refractivity contribution in [1.82, 2.24) is 0 Å². The van der Waals surface area contributed by atoms with Crippen LogP contribution in [0.5, 0.6) is 0 Å². The number of fused-ring (bicyclic) bond motifs is 11. The summed E-state index contributed by atoms with van der Waals surface area (Å²) >= 11 is 1.99. The normalized spacial score (nSPS) is 16.5. The van der Waals surface area contributed by atoms with Gasteiger partial charge in [-0.15, -0.1) is 11.8 Å². The van der Waals surface area contributed by atoms with Crippen LogP contribution in [0.1, 0.15) is 17.0 Å². The first-order valence-corrected chi connectivity index (χ1v) is 19.6. The monoisotopic (exact) mass is 704 g/mol. The highest BCUT2D eigenvalue weighted by molar-refractivity contribution is 8.00. The molecule has 9 aromatic carbocycles. The van der Waals surface area contributed by atoms with E-state index in [0.29, 0.717) is 11.2 Å². The maximum Gasteiger partial charge on any atom is 0.136 e. The van der Waals surface area contributed by atoms with Gasteiger partial charge in [0.05, 0.1) is 0 Å². The van der Waals surface area contributed by atoms with Crippen LogP contribution in [0, 0.1) is 0 Å². The molecule has 1 aliphatic heterocycles. The van der Waals surface area contributed by atoms with E-state index >= 15 is 0 Å². The summed E-state index contributed by atoms with van der Waals surface area (Å²) in [7, 11) is 0. The molecule has 0 radical (unpaired) electrons. The SMILES string of the molecule is C1=CC2Sc3ccc4ccccc4c3C2C=C1c1ccc2c(c1)oc1cc(-c3c4ccccc4c(-c4cccc5ccccc45)c4ccccc34)ccc12. The van der Waals surface area contributed by atoms with Gasteiger partial charge >= 0.3 is 0 Å². The molecule has 2 atom stereocenters. The first-order chi connectivity index (χ1) is 26.8. The highest BCUT2D eigenvalue weighted by Gasteiger charge is 2.34. The van der Waals surface area contributed by atoms with Gasteiger partial charge in [0, 0.05) is 26.8 Å². The molecule has 1 aromatic heterocycles. The summed E-state index contributed by atoms with van der Waals surface area (Å²) in [5.74, 6) is 0.349. The Morgan fingerprint density at radius 1 is 0.444 bits per heavy atom. The molecule has 1 nitrogen and oxygen atoms in total. The third-order valence-corrected chi connectivity index (χ3v) is 13.1. The van der Waals surface area contributed by atoms with Crippen LogP contribution in [0.4, 0.5) is 0 Å². The molecule has 0 saturated carbocycles. The molecule has 0 fully saturated rings. The predicted molar refractivity (Wildman–Crippen MR) is 231 cm³/mol. The smallest absolute Gasteiger partial charge is 0.136 e. The number of hydrogen-bond acceptors (Lipinski definition) is 2. The number of allylic oxidation sites excluding steroid dienone is 3. The van der Waals surface area contributed by atoms with Crippen LogP contribution in [-0.2, 0) is 0 Å². The number of hydrogen-bond donors (Lipinski definition) is 0. The lowest BCUT2D eigenvalue weighted by Crippen LogP contribution is -2.09. The van der Waals surface area contributed by atoms with E-state index in [4.69, 9.17) is 4.42 Å². The molecule has 1 aliphatic carbocycles. The third-order valence-electron chi connectivity index (χ3n) is 11.8. The van der Waals surface area contributed by atoms with Gasteiger partial charge in [0.25, 0.3) is 0 Å². The Morgan fingerprint density at radius 2 is 1.02 bits per heavy atom. The van der Waals surface area contributed by atoms with E-state index in [1.807, 2.05) is 11.8 Å². The maximum absolute atomic E-state index is 6.76. The fourth-order valence-electron chi connectivity index (χ4n) is 9.37. The molecule has 2 unspecified atom stereocenters. The lowest BCUT2D eigenvalue weighted by molar-refractivity contribution is 0.669. The summed E-state index contributed by atoms with van der Waals surface area (Å²) in [6.45, 7) is 0. The Morgan fingerprint density at radius 3 is 1.74 bits per heavy atom.